The highest BCUT2D eigenvalue weighted by molar-refractivity contribution is 5.79. The van der Waals surface area contributed by atoms with Gasteiger partial charge in [0.15, 0.2) is 5.82 Å². The average Bonchev–Trinajstić information content (AvgIpc) is 2.35. The van der Waals surface area contributed by atoms with Crippen molar-refractivity contribution in [3.05, 3.63) is 22.7 Å². The molecule has 0 aromatic carbocycles. The Morgan fingerprint density at radius 2 is 2.16 bits per heavy atom. The van der Waals surface area contributed by atoms with Crippen LogP contribution in [-0.4, -0.2) is 28.5 Å². The first-order valence-corrected chi connectivity index (χ1v) is 6.54. The van der Waals surface area contributed by atoms with Crippen LogP contribution < -0.4 is 16.2 Å². The standard InChI is InChI=1S/C13H23N5O/c1-5-17(8-10(4)11(14)15)12-13(19)18(9(2)3)7-6-16-12/h6-7,9-10H,5,8H2,1-4H3,(H3,14,15). The van der Waals surface area contributed by atoms with Crippen molar-refractivity contribution in [3.63, 3.8) is 0 Å². The first kappa shape index (κ1) is 15.2. The van der Waals surface area contributed by atoms with Crippen LogP contribution in [0.2, 0.25) is 0 Å². The maximum atomic E-state index is 12.3. The summed E-state index contributed by atoms with van der Waals surface area (Å²) in [5.41, 5.74) is 5.38. The van der Waals surface area contributed by atoms with Gasteiger partial charge in [0.25, 0.3) is 5.56 Å². The predicted octanol–water partition coefficient (Wildman–Crippen LogP) is 1.22. The maximum Gasteiger partial charge on any atom is 0.293 e. The van der Waals surface area contributed by atoms with E-state index in [0.717, 1.165) is 0 Å². The van der Waals surface area contributed by atoms with E-state index in [4.69, 9.17) is 11.1 Å². The molecule has 106 valence electrons. The molecule has 0 radical (unpaired) electrons. The van der Waals surface area contributed by atoms with Crippen LogP contribution in [0.3, 0.4) is 0 Å². The summed E-state index contributed by atoms with van der Waals surface area (Å²) in [4.78, 5) is 18.4. The molecule has 1 unspecified atom stereocenters. The summed E-state index contributed by atoms with van der Waals surface area (Å²) in [5.74, 6) is 0.444. The molecule has 0 aliphatic heterocycles. The van der Waals surface area contributed by atoms with Crippen LogP contribution in [0, 0.1) is 11.3 Å². The van der Waals surface area contributed by atoms with Crippen molar-refractivity contribution in [1.82, 2.24) is 9.55 Å². The molecule has 6 heteroatoms. The van der Waals surface area contributed by atoms with E-state index in [2.05, 4.69) is 4.98 Å². The second kappa shape index (κ2) is 6.36. The molecule has 6 nitrogen and oxygen atoms in total. The minimum Gasteiger partial charge on any atom is -0.387 e. The number of aromatic nitrogens is 2. The van der Waals surface area contributed by atoms with Gasteiger partial charge in [0.2, 0.25) is 0 Å². The molecule has 1 aromatic heterocycles. The van der Waals surface area contributed by atoms with Gasteiger partial charge in [-0.15, -0.1) is 0 Å². The summed E-state index contributed by atoms with van der Waals surface area (Å²) in [6, 6.07) is 0.0955. The Labute approximate surface area is 113 Å². The molecular weight excluding hydrogens is 242 g/mol. The van der Waals surface area contributed by atoms with Crippen molar-refractivity contribution in [1.29, 1.82) is 5.41 Å². The van der Waals surface area contributed by atoms with Crippen molar-refractivity contribution < 1.29 is 0 Å². The van der Waals surface area contributed by atoms with Crippen LogP contribution in [0.4, 0.5) is 5.82 Å². The first-order chi connectivity index (χ1) is 8.88. The second-order valence-corrected chi connectivity index (χ2v) is 4.95. The van der Waals surface area contributed by atoms with Gasteiger partial charge in [-0.1, -0.05) is 6.92 Å². The molecule has 0 spiro atoms. The topological polar surface area (TPSA) is 88.0 Å². The highest BCUT2D eigenvalue weighted by Gasteiger charge is 2.17. The number of rotatable bonds is 6. The van der Waals surface area contributed by atoms with Gasteiger partial charge < -0.3 is 15.2 Å². The van der Waals surface area contributed by atoms with Crippen molar-refractivity contribution in [3.8, 4) is 0 Å². The smallest absolute Gasteiger partial charge is 0.293 e. The van der Waals surface area contributed by atoms with Gasteiger partial charge in [-0.2, -0.15) is 0 Å². The van der Waals surface area contributed by atoms with Gasteiger partial charge in [-0.25, -0.2) is 4.98 Å². The Hall–Kier alpha value is -1.85. The van der Waals surface area contributed by atoms with Crippen molar-refractivity contribution in [2.45, 2.75) is 33.7 Å². The highest BCUT2D eigenvalue weighted by Crippen LogP contribution is 2.09. The van der Waals surface area contributed by atoms with Crippen LogP contribution >= 0.6 is 0 Å². The first-order valence-electron chi connectivity index (χ1n) is 6.54. The Morgan fingerprint density at radius 1 is 1.53 bits per heavy atom. The zero-order chi connectivity index (χ0) is 14.6. The van der Waals surface area contributed by atoms with E-state index >= 15 is 0 Å². The number of nitrogens with zero attached hydrogens (tertiary/aromatic N) is 3. The number of nitrogens with one attached hydrogen (secondary N) is 1. The summed E-state index contributed by atoms with van der Waals surface area (Å²) < 4.78 is 1.66. The number of nitrogens with two attached hydrogens (primary N) is 1. The molecule has 0 fully saturated rings. The van der Waals surface area contributed by atoms with Crippen molar-refractivity contribution in [2.75, 3.05) is 18.0 Å². The molecule has 0 amide bonds. The van der Waals surface area contributed by atoms with Gasteiger partial charge in [0.05, 0.1) is 5.84 Å². The summed E-state index contributed by atoms with van der Waals surface area (Å²) >= 11 is 0. The lowest BCUT2D eigenvalue weighted by atomic mass is 10.1. The van der Waals surface area contributed by atoms with E-state index in [0.29, 0.717) is 18.9 Å². The molecule has 1 atom stereocenters. The zero-order valence-corrected chi connectivity index (χ0v) is 12.1. The third-order valence-electron chi connectivity index (χ3n) is 3.11. The zero-order valence-electron chi connectivity index (χ0n) is 12.1. The monoisotopic (exact) mass is 265 g/mol. The van der Waals surface area contributed by atoms with E-state index in [9.17, 15) is 4.79 Å². The van der Waals surface area contributed by atoms with Crippen LogP contribution in [0.1, 0.15) is 33.7 Å². The largest absolute Gasteiger partial charge is 0.387 e. The second-order valence-electron chi connectivity index (χ2n) is 4.95. The van der Waals surface area contributed by atoms with Gasteiger partial charge >= 0.3 is 0 Å². The molecule has 0 saturated carbocycles. The predicted molar refractivity (Wildman–Crippen MR) is 77.8 cm³/mol. The normalized spacial score (nSPS) is 12.5. The van der Waals surface area contributed by atoms with Crippen LogP contribution in [-0.2, 0) is 0 Å². The number of hydrogen-bond donors (Lipinski definition) is 2. The Kier molecular flexibility index (Phi) is 5.09. The molecule has 3 N–H and O–H groups in total. The highest BCUT2D eigenvalue weighted by atomic mass is 16.1. The van der Waals surface area contributed by atoms with Crippen LogP contribution in [0.15, 0.2) is 17.2 Å². The SMILES string of the molecule is CCN(CC(C)C(=N)N)c1nccn(C(C)C)c1=O. The van der Waals surface area contributed by atoms with Gasteiger partial charge in [-0.05, 0) is 20.8 Å². The minimum atomic E-state index is -0.103. The van der Waals surface area contributed by atoms with Crippen LogP contribution in [0.25, 0.3) is 0 Å². The minimum absolute atomic E-state index is 0.0955. The Bertz CT molecular complexity index is 494. The molecule has 1 aromatic rings. The third-order valence-corrected chi connectivity index (χ3v) is 3.11. The van der Waals surface area contributed by atoms with E-state index in [-0.39, 0.29) is 23.4 Å². The fourth-order valence-electron chi connectivity index (χ4n) is 1.83. The Morgan fingerprint density at radius 3 is 2.63 bits per heavy atom. The summed E-state index contributed by atoms with van der Waals surface area (Å²) in [6.45, 7) is 8.92. The van der Waals surface area contributed by atoms with Crippen LogP contribution in [0.5, 0.6) is 0 Å². The van der Waals surface area contributed by atoms with Crippen molar-refractivity contribution >= 4 is 11.7 Å². The molecule has 19 heavy (non-hydrogen) atoms. The van der Waals surface area contributed by atoms with E-state index in [1.165, 1.54) is 0 Å². The summed E-state index contributed by atoms with van der Waals surface area (Å²) in [6.07, 6.45) is 3.33. The van der Waals surface area contributed by atoms with Gasteiger partial charge in [0.1, 0.15) is 0 Å². The van der Waals surface area contributed by atoms with Gasteiger partial charge in [0, 0.05) is 37.4 Å². The maximum absolute atomic E-state index is 12.3. The van der Waals surface area contributed by atoms with Gasteiger partial charge in [-0.3, -0.25) is 10.2 Å². The van der Waals surface area contributed by atoms with E-state index in [1.54, 1.807) is 17.0 Å². The fourth-order valence-corrected chi connectivity index (χ4v) is 1.83. The molecule has 1 heterocycles. The third kappa shape index (κ3) is 3.56. The molecule has 0 bridgehead atoms. The number of amidine groups is 1. The average molecular weight is 265 g/mol. The molecule has 0 saturated heterocycles. The van der Waals surface area contributed by atoms with Crippen molar-refractivity contribution in [2.24, 2.45) is 11.7 Å². The Balaban J connectivity index is 3.09. The number of anilines is 1. The number of hydrogen-bond acceptors (Lipinski definition) is 4. The molecular formula is C13H23N5O. The lowest BCUT2D eigenvalue weighted by Gasteiger charge is -2.25. The van der Waals surface area contributed by atoms with E-state index in [1.807, 2.05) is 32.6 Å². The quantitative estimate of drug-likeness (QED) is 0.598. The molecule has 1 rings (SSSR count). The lowest BCUT2D eigenvalue weighted by Crippen LogP contribution is -2.39. The molecule has 0 aliphatic carbocycles. The fraction of sp³-hybridized carbons (Fsp3) is 0.615. The molecule has 0 aliphatic rings. The summed E-state index contributed by atoms with van der Waals surface area (Å²) in [5, 5.41) is 7.44. The van der Waals surface area contributed by atoms with E-state index < -0.39 is 0 Å². The lowest BCUT2D eigenvalue weighted by molar-refractivity contribution is 0.568. The summed E-state index contributed by atoms with van der Waals surface area (Å²) in [7, 11) is 0.